The first-order valence-electron chi connectivity index (χ1n) is 4.86. The van der Waals surface area contributed by atoms with Crippen LogP contribution in [0.5, 0.6) is 0 Å². The summed E-state index contributed by atoms with van der Waals surface area (Å²) >= 11 is 0. The van der Waals surface area contributed by atoms with Crippen molar-refractivity contribution >= 4 is 7.48 Å². The Kier molecular flexibility index (Phi) is 9.59. The third kappa shape index (κ3) is 9.12. The Balaban J connectivity index is 0. The van der Waals surface area contributed by atoms with Gasteiger partial charge in [-0.1, -0.05) is 33.6 Å². The molecule has 0 spiro atoms. The summed E-state index contributed by atoms with van der Waals surface area (Å²) in [7, 11) is -0.199. The first kappa shape index (κ1) is 15.5. The molecule has 12 heavy (non-hydrogen) atoms. The molecule has 0 fully saturated rings. The Labute approximate surface area is 100 Å². The minimum absolute atomic E-state index is 0. The zero-order chi connectivity index (χ0) is 8.91. The van der Waals surface area contributed by atoms with E-state index in [0.717, 1.165) is 0 Å². The average Bonchev–Trinajstić information content (AvgIpc) is 1.84. The van der Waals surface area contributed by atoms with E-state index in [1.165, 1.54) is 12.8 Å². The third-order valence-electron chi connectivity index (χ3n) is 2.14. The summed E-state index contributed by atoms with van der Waals surface area (Å²) < 4.78 is 5.68. The van der Waals surface area contributed by atoms with Crippen molar-refractivity contribution < 1.29 is 34.2 Å². The standard InChI is InChI=1S/C9H22BO.Na/c1-6-7-9(4,5)10-11-8(2)3;/h8H,6-7,10H2,1-5H3;/q-1;+1. The van der Waals surface area contributed by atoms with Crippen LogP contribution in [0.3, 0.4) is 0 Å². The van der Waals surface area contributed by atoms with Gasteiger partial charge in [-0.3, -0.25) is 0 Å². The van der Waals surface area contributed by atoms with Crippen LogP contribution in [0.1, 0.15) is 47.5 Å². The van der Waals surface area contributed by atoms with E-state index in [2.05, 4.69) is 34.6 Å². The fourth-order valence-corrected chi connectivity index (χ4v) is 1.41. The summed E-state index contributed by atoms with van der Waals surface area (Å²) in [4.78, 5) is 0. The Hall–Kier alpha value is 1.02. The SMILES string of the molecule is CCCC(C)(C)[BH2-]OC(C)C.[Na+]. The summed E-state index contributed by atoms with van der Waals surface area (Å²) in [6.07, 6.45) is 3.00. The Morgan fingerprint density at radius 1 is 1.33 bits per heavy atom. The van der Waals surface area contributed by atoms with Crippen LogP contribution in [0.4, 0.5) is 0 Å². The molecule has 0 N–H and O–H groups in total. The van der Waals surface area contributed by atoms with Crippen molar-refractivity contribution in [1.29, 1.82) is 0 Å². The van der Waals surface area contributed by atoms with Crippen LogP contribution in [0, 0.1) is 0 Å². The van der Waals surface area contributed by atoms with Gasteiger partial charge in [-0.2, -0.15) is 0 Å². The summed E-state index contributed by atoms with van der Waals surface area (Å²) in [5, 5.41) is 0.485. The molecule has 0 unspecified atom stereocenters. The van der Waals surface area contributed by atoms with Crippen molar-refractivity contribution in [1.82, 2.24) is 0 Å². The second-order valence-electron chi connectivity index (χ2n) is 4.80. The second kappa shape index (κ2) is 7.43. The molecule has 68 valence electrons. The Bertz CT molecular complexity index is 105. The van der Waals surface area contributed by atoms with E-state index < -0.39 is 0 Å². The molecule has 0 aromatic carbocycles. The fraction of sp³-hybridized carbons (Fsp3) is 1.00. The zero-order valence-electron chi connectivity index (χ0n) is 9.90. The molecule has 0 aliphatic carbocycles. The number of rotatable bonds is 5. The van der Waals surface area contributed by atoms with Gasteiger partial charge in [0.2, 0.25) is 0 Å². The van der Waals surface area contributed by atoms with Gasteiger partial charge >= 0.3 is 29.6 Å². The van der Waals surface area contributed by atoms with E-state index in [9.17, 15) is 0 Å². The van der Waals surface area contributed by atoms with Gasteiger partial charge in [0.25, 0.3) is 0 Å². The van der Waals surface area contributed by atoms with Crippen molar-refractivity contribution in [2.24, 2.45) is 0 Å². The molecule has 0 aromatic heterocycles. The molecule has 0 atom stereocenters. The van der Waals surface area contributed by atoms with Crippen molar-refractivity contribution in [2.75, 3.05) is 0 Å². The van der Waals surface area contributed by atoms with E-state index >= 15 is 0 Å². The van der Waals surface area contributed by atoms with E-state index in [0.29, 0.717) is 11.4 Å². The van der Waals surface area contributed by atoms with Crippen LogP contribution in [0.25, 0.3) is 0 Å². The van der Waals surface area contributed by atoms with Crippen LogP contribution in [0.15, 0.2) is 0 Å². The molecular weight excluding hydrogens is 158 g/mol. The van der Waals surface area contributed by atoms with Gasteiger partial charge in [-0.05, 0) is 13.8 Å². The van der Waals surface area contributed by atoms with Crippen molar-refractivity contribution in [2.45, 2.75) is 58.9 Å². The van der Waals surface area contributed by atoms with Crippen LogP contribution < -0.4 is 29.6 Å². The maximum Gasteiger partial charge on any atom is 1.00 e. The minimum Gasteiger partial charge on any atom is -0.594 e. The summed E-state index contributed by atoms with van der Waals surface area (Å²) in [5.74, 6) is 0. The molecule has 0 aliphatic heterocycles. The molecule has 0 saturated heterocycles. The fourth-order valence-electron chi connectivity index (χ4n) is 1.41. The molecule has 1 nitrogen and oxygen atoms in total. The van der Waals surface area contributed by atoms with Crippen molar-refractivity contribution in [3.63, 3.8) is 0 Å². The summed E-state index contributed by atoms with van der Waals surface area (Å²) in [6.45, 7) is 11.1. The molecule has 0 aliphatic rings. The van der Waals surface area contributed by atoms with E-state index in [1.54, 1.807) is 0 Å². The first-order chi connectivity index (χ1) is 4.98. The Morgan fingerprint density at radius 3 is 2.17 bits per heavy atom. The second-order valence-corrected chi connectivity index (χ2v) is 4.80. The normalized spacial score (nSPS) is 11.5. The molecular formula is C9H22BNaO. The van der Waals surface area contributed by atoms with E-state index in [1.807, 2.05) is 0 Å². The minimum atomic E-state index is -0.199. The average molecular weight is 180 g/mol. The van der Waals surface area contributed by atoms with Gasteiger partial charge in [-0.25, -0.2) is 0 Å². The van der Waals surface area contributed by atoms with Crippen LogP contribution in [-0.4, -0.2) is 13.6 Å². The molecule has 0 saturated carbocycles. The van der Waals surface area contributed by atoms with Crippen LogP contribution >= 0.6 is 0 Å². The molecule has 0 heterocycles. The molecule has 0 radical (unpaired) electrons. The van der Waals surface area contributed by atoms with Crippen molar-refractivity contribution in [3.8, 4) is 0 Å². The summed E-state index contributed by atoms with van der Waals surface area (Å²) in [5.41, 5.74) is 0. The predicted molar refractivity (Wildman–Crippen MR) is 53.7 cm³/mol. The van der Waals surface area contributed by atoms with E-state index in [4.69, 9.17) is 4.65 Å². The molecule has 0 rings (SSSR count). The van der Waals surface area contributed by atoms with Gasteiger partial charge in [-0.15, -0.1) is 5.31 Å². The van der Waals surface area contributed by atoms with Gasteiger partial charge in [0, 0.05) is 6.10 Å². The van der Waals surface area contributed by atoms with Crippen LogP contribution in [0.2, 0.25) is 5.31 Å². The molecule has 0 amide bonds. The van der Waals surface area contributed by atoms with E-state index in [-0.39, 0.29) is 37.0 Å². The maximum absolute atomic E-state index is 5.68. The molecule has 3 heteroatoms. The van der Waals surface area contributed by atoms with Gasteiger partial charge in [0.05, 0.1) is 7.48 Å². The van der Waals surface area contributed by atoms with Crippen molar-refractivity contribution in [3.05, 3.63) is 0 Å². The summed E-state index contributed by atoms with van der Waals surface area (Å²) in [6, 6.07) is 0. The van der Waals surface area contributed by atoms with Gasteiger partial charge in [0.15, 0.2) is 0 Å². The monoisotopic (exact) mass is 180 g/mol. The Morgan fingerprint density at radius 2 is 1.83 bits per heavy atom. The number of hydrogen-bond donors (Lipinski definition) is 0. The van der Waals surface area contributed by atoms with Crippen LogP contribution in [-0.2, 0) is 4.65 Å². The zero-order valence-corrected chi connectivity index (χ0v) is 11.9. The molecule has 0 bridgehead atoms. The maximum atomic E-state index is 5.68. The topological polar surface area (TPSA) is 9.23 Å². The van der Waals surface area contributed by atoms with Gasteiger partial charge < -0.3 is 4.65 Å². The quantitative estimate of drug-likeness (QED) is 0.518. The predicted octanol–water partition coefficient (Wildman–Crippen LogP) is -0.502. The first-order valence-corrected chi connectivity index (χ1v) is 4.86. The smallest absolute Gasteiger partial charge is 0.594 e. The third-order valence-corrected chi connectivity index (χ3v) is 2.14. The molecule has 0 aromatic rings. The number of hydrogen-bond acceptors (Lipinski definition) is 1. The van der Waals surface area contributed by atoms with Gasteiger partial charge in [0.1, 0.15) is 0 Å². The largest absolute Gasteiger partial charge is 1.00 e.